The van der Waals surface area contributed by atoms with Crippen molar-refractivity contribution in [3.05, 3.63) is 165 Å². The van der Waals surface area contributed by atoms with Crippen LogP contribution in [0.2, 0.25) is 0 Å². The van der Waals surface area contributed by atoms with Crippen LogP contribution in [0, 0.1) is 19.6 Å². The van der Waals surface area contributed by atoms with Gasteiger partial charge in [-0.2, -0.15) is 108 Å². The van der Waals surface area contributed by atoms with Crippen LogP contribution in [0.5, 0.6) is 0 Å². The number of hydrogen-bond donors (Lipinski definition) is 1. The normalized spacial score (nSPS) is 8.17. The Kier molecular flexibility index (Phi) is 22.6. The first-order valence-corrected chi connectivity index (χ1v) is 10.4. The molecule has 3 heteroatoms. The monoisotopic (exact) mass is 557 g/mol. The van der Waals surface area contributed by atoms with Crippen molar-refractivity contribution >= 4 is 34.0 Å². The summed E-state index contributed by atoms with van der Waals surface area (Å²) in [5.74, 6) is 0. The summed E-state index contributed by atoms with van der Waals surface area (Å²) in [6.07, 6.45) is 0. The zero-order valence-corrected chi connectivity index (χ0v) is 23.5. The van der Waals surface area contributed by atoms with Crippen molar-refractivity contribution in [3.8, 4) is 0 Å². The number of hydrogen-bond acceptors (Lipinski definition) is 1. The van der Waals surface area contributed by atoms with E-state index in [4.69, 9.17) is 5.11 Å². The first kappa shape index (κ1) is 34.4. The third kappa shape index (κ3) is 14.3. The van der Waals surface area contributed by atoms with Gasteiger partial charge in [-0.1, -0.05) is 12.1 Å². The number of halogens is 1. The zero-order valence-electron chi connectivity index (χ0n) is 20.2. The molecular formula is C32H32ClOZr-5. The summed E-state index contributed by atoms with van der Waals surface area (Å²) in [5.41, 5.74) is 0. The summed E-state index contributed by atoms with van der Waals surface area (Å²) < 4.78 is 0. The minimum absolute atomic E-state index is 0. The Morgan fingerprint density at radius 3 is 1.11 bits per heavy atom. The number of benzene rings is 4. The molecule has 0 aliphatic carbocycles. The number of rotatable bonds is 0. The van der Waals surface area contributed by atoms with Gasteiger partial charge < -0.3 is 12.5 Å². The van der Waals surface area contributed by atoms with Gasteiger partial charge in [0.1, 0.15) is 0 Å². The molecule has 35 heavy (non-hydrogen) atoms. The smallest absolute Gasteiger partial charge is 0.0319 e. The molecule has 0 amide bonds. The SMILES string of the molecule is CO.Cl.[CH3-].[Zr].[c-]1ccccc1.[c-]1ccccc1.c1ccc2[cH-]ccc2c1.c1ccc2[cH-]ccc2c1. The van der Waals surface area contributed by atoms with E-state index in [-0.39, 0.29) is 46.0 Å². The van der Waals surface area contributed by atoms with E-state index >= 15 is 0 Å². The number of aliphatic hydroxyl groups excluding tert-OH is 1. The molecule has 0 saturated carbocycles. The van der Waals surface area contributed by atoms with E-state index < -0.39 is 0 Å². The second-order valence-corrected chi connectivity index (χ2v) is 6.46. The largest absolute Gasteiger partial charge is 0.400 e. The van der Waals surface area contributed by atoms with Crippen molar-refractivity contribution in [2.45, 2.75) is 0 Å². The summed E-state index contributed by atoms with van der Waals surface area (Å²) >= 11 is 0. The summed E-state index contributed by atoms with van der Waals surface area (Å²) in [7, 11) is 1.00. The fraction of sp³-hybridized carbons (Fsp3) is 0.0312. The third-order valence-corrected chi connectivity index (χ3v) is 4.31. The second-order valence-electron chi connectivity index (χ2n) is 6.46. The van der Waals surface area contributed by atoms with Gasteiger partial charge >= 0.3 is 0 Å². The van der Waals surface area contributed by atoms with E-state index in [0.717, 1.165) is 7.11 Å². The van der Waals surface area contributed by atoms with E-state index in [2.05, 4.69) is 97.1 Å². The molecule has 6 aromatic carbocycles. The Hall–Kier alpha value is -2.77. The molecule has 0 unspecified atom stereocenters. The van der Waals surface area contributed by atoms with Crippen LogP contribution in [0.1, 0.15) is 0 Å². The first-order valence-electron chi connectivity index (χ1n) is 10.4. The van der Waals surface area contributed by atoms with Crippen LogP contribution in [0.25, 0.3) is 21.5 Å². The molecule has 0 heterocycles. The quantitative estimate of drug-likeness (QED) is 0.185. The topological polar surface area (TPSA) is 20.2 Å². The Morgan fingerprint density at radius 1 is 0.514 bits per heavy atom. The van der Waals surface area contributed by atoms with Gasteiger partial charge in [0, 0.05) is 33.3 Å². The fourth-order valence-electron chi connectivity index (χ4n) is 2.82. The second kappa shape index (κ2) is 23.0. The van der Waals surface area contributed by atoms with Crippen molar-refractivity contribution in [3.63, 3.8) is 0 Å². The fourth-order valence-corrected chi connectivity index (χ4v) is 2.82. The molecule has 1 N–H and O–H groups in total. The van der Waals surface area contributed by atoms with E-state index in [1.165, 1.54) is 21.5 Å². The van der Waals surface area contributed by atoms with E-state index in [0.29, 0.717) is 0 Å². The van der Waals surface area contributed by atoms with Crippen LogP contribution in [0.15, 0.2) is 146 Å². The molecule has 6 rings (SSSR count). The van der Waals surface area contributed by atoms with Gasteiger partial charge in [-0.3, -0.25) is 0 Å². The molecule has 0 radical (unpaired) electrons. The maximum Gasteiger partial charge on any atom is 0.0319 e. The number of fused-ring (bicyclic) bond motifs is 2. The van der Waals surface area contributed by atoms with Crippen molar-refractivity contribution in [1.29, 1.82) is 0 Å². The van der Waals surface area contributed by atoms with Gasteiger partial charge in [0.25, 0.3) is 0 Å². The van der Waals surface area contributed by atoms with Crippen molar-refractivity contribution in [2.24, 2.45) is 0 Å². The van der Waals surface area contributed by atoms with Gasteiger partial charge in [0.05, 0.1) is 0 Å². The van der Waals surface area contributed by atoms with Gasteiger partial charge in [-0.25, -0.2) is 0 Å². The molecule has 0 saturated heterocycles. The van der Waals surface area contributed by atoms with E-state index in [1.807, 2.05) is 60.7 Å². The molecule has 0 spiro atoms. The standard InChI is InChI=1S/2C9H7.2C6H5.CH4O.CH3.ClH.Zr/c2*1-2-5-9-7-3-6-8(9)4-1;2*1-2-4-6-5-3-1;1-2;;;/h2*1-7H;2*1-5H;2H,1H3;1H3;1H;/q4*-1;;-1;;. The third-order valence-electron chi connectivity index (χ3n) is 4.31. The molecule has 0 aliphatic heterocycles. The number of aliphatic hydroxyl groups is 1. The molecule has 0 aromatic heterocycles. The molecule has 0 atom stereocenters. The van der Waals surface area contributed by atoms with Crippen molar-refractivity contribution < 1.29 is 31.3 Å². The average Bonchev–Trinajstić information content (AvgIpc) is 3.58. The summed E-state index contributed by atoms with van der Waals surface area (Å²) in [5, 5.41) is 12.3. The maximum atomic E-state index is 7.00. The Labute approximate surface area is 236 Å². The van der Waals surface area contributed by atoms with Gasteiger partial charge in [0.15, 0.2) is 0 Å². The van der Waals surface area contributed by atoms with Crippen LogP contribution in [0.4, 0.5) is 0 Å². The molecule has 0 aliphatic rings. The van der Waals surface area contributed by atoms with E-state index in [1.54, 1.807) is 0 Å². The predicted molar refractivity (Wildman–Crippen MR) is 151 cm³/mol. The Morgan fingerprint density at radius 2 is 0.857 bits per heavy atom. The molecule has 0 fully saturated rings. The zero-order chi connectivity index (χ0) is 22.7. The molecular weight excluding hydrogens is 527 g/mol. The van der Waals surface area contributed by atoms with Crippen LogP contribution < -0.4 is 0 Å². The van der Waals surface area contributed by atoms with E-state index in [9.17, 15) is 0 Å². The summed E-state index contributed by atoms with van der Waals surface area (Å²) in [6.45, 7) is 0. The summed E-state index contributed by atoms with van der Waals surface area (Å²) in [6, 6.07) is 54.3. The minimum Gasteiger partial charge on any atom is -0.400 e. The van der Waals surface area contributed by atoms with Crippen molar-refractivity contribution in [2.75, 3.05) is 7.11 Å². The van der Waals surface area contributed by atoms with Crippen LogP contribution in [0.3, 0.4) is 0 Å². The van der Waals surface area contributed by atoms with Crippen LogP contribution >= 0.6 is 12.4 Å². The van der Waals surface area contributed by atoms with Gasteiger partial charge in [-0.05, 0) is 0 Å². The predicted octanol–water partition coefficient (Wildman–Crippen LogP) is 8.57. The van der Waals surface area contributed by atoms with Gasteiger partial charge in [-0.15, -0.1) is 71.7 Å². The molecule has 0 bridgehead atoms. The van der Waals surface area contributed by atoms with Gasteiger partial charge in [0.2, 0.25) is 0 Å². The van der Waals surface area contributed by atoms with Crippen molar-refractivity contribution in [1.82, 2.24) is 0 Å². The molecule has 1 nitrogen and oxygen atoms in total. The Balaban J connectivity index is 0. The minimum atomic E-state index is 0. The van der Waals surface area contributed by atoms with Crippen LogP contribution in [-0.4, -0.2) is 12.2 Å². The molecule has 182 valence electrons. The van der Waals surface area contributed by atoms with Crippen LogP contribution in [-0.2, 0) is 26.2 Å². The Bertz CT molecular complexity index is 986. The average molecular weight is 559 g/mol. The summed E-state index contributed by atoms with van der Waals surface area (Å²) in [4.78, 5) is 0. The molecule has 6 aromatic rings. The maximum absolute atomic E-state index is 7.00. The first-order chi connectivity index (χ1) is 15.9.